The smallest absolute Gasteiger partial charge is 0.254 e. The minimum absolute atomic E-state index is 0.233. The minimum Gasteiger partial charge on any atom is -0.254 e. The van der Waals surface area contributed by atoms with Crippen LogP contribution in [0.1, 0.15) is 0 Å². The number of hydrogen-bond acceptors (Lipinski definition) is 6. The zero-order valence-electron chi connectivity index (χ0n) is 19.8. The van der Waals surface area contributed by atoms with Crippen molar-refractivity contribution in [1.29, 1.82) is 0 Å². The van der Waals surface area contributed by atoms with Crippen molar-refractivity contribution in [2.45, 2.75) is 0 Å². The van der Waals surface area contributed by atoms with Crippen molar-refractivity contribution >= 4 is 51.9 Å². The Morgan fingerprint density at radius 1 is 0.553 bits per heavy atom. The van der Waals surface area contributed by atoms with E-state index in [-0.39, 0.29) is 5.75 Å². The molecule has 0 radical (unpaired) electrons. The second kappa shape index (κ2) is 8.92. The number of rotatable bonds is 4. The molecule has 3 aromatic carbocycles. The molecule has 4 heterocycles. The summed E-state index contributed by atoms with van der Waals surface area (Å²) in [6.07, 6.45) is 3.48. The maximum atomic E-state index is 12.0. The molecule has 0 spiro atoms. The van der Waals surface area contributed by atoms with E-state index < -0.39 is 8.25 Å². The van der Waals surface area contributed by atoms with Gasteiger partial charge >= 0.3 is 8.25 Å². The van der Waals surface area contributed by atoms with Gasteiger partial charge in [0, 0.05) is 49.6 Å². The average Bonchev–Trinajstić information content (AvgIpc) is 2.96. The van der Waals surface area contributed by atoms with Crippen molar-refractivity contribution in [3.63, 3.8) is 0 Å². The molecule has 8 heteroatoms. The van der Waals surface area contributed by atoms with E-state index in [0.717, 1.165) is 43.6 Å². The maximum absolute atomic E-state index is 12.0. The molecule has 0 fully saturated rings. The van der Waals surface area contributed by atoms with Crippen molar-refractivity contribution in [1.82, 2.24) is 19.9 Å². The zero-order chi connectivity index (χ0) is 25.6. The van der Waals surface area contributed by atoms with Crippen molar-refractivity contribution in [3.05, 3.63) is 103 Å². The third kappa shape index (κ3) is 3.73. The van der Waals surface area contributed by atoms with E-state index in [9.17, 15) is 9.46 Å². The Balaban J connectivity index is 1.46. The molecule has 0 saturated heterocycles. The van der Waals surface area contributed by atoms with Crippen LogP contribution in [0.25, 0.3) is 66.1 Å². The van der Waals surface area contributed by atoms with Gasteiger partial charge in [0.1, 0.15) is 0 Å². The molecule has 0 aliphatic carbocycles. The Kier molecular flexibility index (Phi) is 5.25. The lowest BCUT2D eigenvalue weighted by Gasteiger charge is -2.11. The third-order valence-corrected chi connectivity index (χ3v) is 6.94. The summed E-state index contributed by atoms with van der Waals surface area (Å²) in [7, 11) is -2.95. The molecule has 1 N–H and O–H groups in total. The molecule has 180 valence electrons. The van der Waals surface area contributed by atoms with Crippen molar-refractivity contribution in [3.8, 4) is 28.3 Å². The molecule has 0 aliphatic rings. The van der Waals surface area contributed by atoms with Crippen LogP contribution in [0.3, 0.4) is 0 Å². The van der Waals surface area contributed by atoms with Gasteiger partial charge in [-0.2, -0.15) is 0 Å². The van der Waals surface area contributed by atoms with E-state index >= 15 is 0 Å². The average molecular weight is 513 g/mol. The molecule has 7 nitrogen and oxygen atoms in total. The van der Waals surface area contributed by atoms with Crippen molar-refractivity contribution in [2.24, 2.45) is 0 Å². The summed E-state index contributed by atoms with van der Waals surface area (Å²) in [5.41, 5.74) is 5.40. The second-order valence-electron chi connectivity index (χ2n) is 8.83. The van der Waals surface area contributed by atoms with E-state index in [1.807, 2.05) is 91.0 Å². The van der Waals surface area contributed by atoms with Crippen molar-refractivity contribution in [2.75, 3.05) is 0 Å². The van der Waals surface area contributed by atoms with Crippen LogP contribution in [0.4, 0.5) is 0 Å². The van der Waals surface area contributed by atoms with Crippen LogP contribution in [0.5, 0.6) is 5.75 Å². The van der Waals surface area contributed by atoms with Crippen LogP contribution in [0, 0.1) is 0 Å². The topological polar surface area (TPSA) is 98.1 Å². The number of nitrogens with zero attached hydrogens (tertiary/aromatic N) is 4. The summed E-state index contributed by atoms with van der Waals surface area (Å²) in [6.45, 7) is 0. The molecule has 0 aliphatic heterocycles. The molecule has 1 unspecified atom stereocenters. The fourth-order valence-corrected chi connectivity index (χ4v) is 5.22. The highest BCUT2D eigenvalue weighted by Crippen LogP contribution is 2.42. The van der Waals surface area contributed by atoms with Gasteiger partial charge in [-0.3, -0.25) is 9.97 Å². The van der Waals surface area contributed by atoms with Crippen LogP contribution < -0.4 is 4.52 Å². The van der Waals surface area contributed by atoms with E-state index in [1.54, 1.807) is 12.4 Å². The first kappa shape index (κ1) is 22.4. The molecule has 7 aromatic rings. The highest BCUT2D eigenvalue weighted by atomic mass is 31.1. The van der Waals surface area contributed by atoms with Gasteiger partial charge in [-0.25, -0.2) is 14.5 Å². The molecule has 0 saturated carbocycles. The Bertz CT molecular complexity index is 1920. The minimum atomic E-state index is -2.95. The van der Waals surface area contributed by atoms with Crippen LogP contribution in [-0.4, -0.2) is 24.8 Å². The Morgan fingerprint density at radius 2 is 1.00 bits per heavy atom. The zero-order valence-corrected chi connectivity index (χ0v) is 20.7. The standard InChI is InChI=1S/C30H17N4O3P/c35-38(36)37-30-22(24-14-12-20-10-8-18-4-2-16-31-26(18)28(20)33-24)6-1-7-23(30)25-15-13-21-11-9-19-5-3-17-32-27(19)29(21)34-25/h1-17H/p+1. The summed E-state index contributed by atoms with van der Waals surface area (Å²) in [6, 6.07) is 29.0. The Morgan fingerprint density at radius 3 is 1.47 bits per heavy atom. The van der Waals surface area contributed by atoms with Gasteiger partial charge in [-0.05, 0) is 36.4 Å². The van der Waals surface area contributed by atoms with Gasteiger partial charge in [-0.1, -0.05) is 54.6 Å². The fourth-order valence-electron chi connectivity index (χ4n) is 4.86. The van der Waals surface area contributed by atoms with Crippen LogP contribution >= 0.6 is 8.25 Å². The van der Waals surface area contributed by atoms with E-state index in [1.165, 1.54) is 0 Å². The van der Waals surface area contributed by atoms with Crippen LogP contribution in [-0.2, 0) is 4.57 Å². The largest absolute Gasteiger partial charge is 0.747 e. The number of fused-ring (bicyclic) bond motifs is 6. The SMILES string of the molecule is O=[P+](O)Oc1c(-c2ccc3ccc4cccnc4c3n2)cccc1-c1ccc2ccc3cccnc3c2n1. The summed E-state index contributed by atoms with van der Waals surface area (Å²) in [5.74, 6) is 0.233. The summed E-state index contributed by atoms with van der Waals surface area (Å²) in [4.78, 5) is 28.7. The first-order chi connectivity index (χ1) is 18.7. The lowest BCUT2D eigenvalue weighted by atomic mass is 10.0. The first-order valence-corrected chi connectivity index (χ1v) is 13.1. The van der Waals surface area contributed by atoms with Crippen molar-refractivity contribution < 1.29 is 14.0 Å². The number of pyridine rings is 4. The molecule has 1 atom stereocenters. The number of hydrogen-bond donors (Lipinski definition) is 1. The highest BCUT2D eigenvalue weighted by molar-refractivity contribution is 7.32. The molecule has 7 rings (SSSR count). The molecular weight excluding hydrogens is 495 g/mol. The molecule has 38 heavy (non-hydrogen) atoms. The van der Waals surface area contributed by atoms with E-state index in [0.29, 0.717) is 22.5 Å². The van der Waals surface area contributed by atoms with Gasteiger partial charge in [0.05, 0.1) is 33.5 Å². The van der Waals surface area contributed by atoms with Gasteiger partial charge in [0.2, 0.25) is 5.75 Å². The van der Waals surface area contributed by atoms with E-state index in [2.05, 4.69) is 9.97 Å². The lowest BCUT2D eigenvalue weighted by Crippen LogP contribution is -1.95. The van der Waals surface area contributed by atoms with Gasteiger partial charge in [0.15, 0.2) is 0 Å². The molecular formula is C30H18N4O3P+. The monoisotopic (exact) mass is 513 g/mol. The Labute approximate surface area is 217 Å². The number of benzene rings is 3. The van der Waals surface area contributed by atoms with E-state index in [4.69, 9.17) is 14.5 Å². The second-order valence-corrected chi connectivity index (χ2v) is 9.49. The fraction of sp³-hybridized carbons (Fsp3) is 0. The summed E-state index contributed by atoms with van der Waals surface area (Å²) in [5, 5.41) is 3.86. The normalized spacial score (nSPS) is 11.9. The molecule has 0 bridgehead atoms. The van der Waals surface area contributed by atoms with Gasteiger partial charge in [-0.15, -0.1) is 4.89 Å². The summed E-state index contributed by atoms with van der Waals surface area (Å²) >= 11 is 0. The summed E-state index contributed by atoms with van der Waals surface area (Å²) < 4.78 is 17.5. The number of aromatic nitrogens is 4. The highest BCUT2D eigenvalue weighted by Gasteiger charge is 2.25. The predicted molar refractivity (Wildman–Crippen MR) is 149 cm³/mol. The van der Waals surface area contributed by atoms with Crippen LogP contribution in [0.15, 0.2) is 103 Å². The quantitative estimate of drug-likeness (QED) is 0.196. The predicted octanol–water partition coefficient (Wildman–Crippen LogP) is 7.24. The lowest BCUT2D eigenvalue weighted by molar-refractivity contribution is 0.411. The first-order valence-electron chi connectivity index (χ1n) is 11.9. The number of para-hydroxylation sites is 1. The molecule has 0 amide bonds. The Hall–Kier alpha value is -4.84. The maximum Gasteiger partial charge on any atom is 0.747 e. The molecule has 4 aromatic heterocycles. The van der Waals surface area contributed by atoms with Gasteiger partial charge < -0.3 is 0 Å². The van der Waals surface area contributed by atoms with Gasteiger partial charge in [0.25, 0.3) is 0 Å². The van der Waals surface area contributed by atoms with Crippen LogP contribution in [0.2, 0.25) is 0 Å². The third-order valence-electron chi connectivity index (χ3n) is 6.60.